The first kappa shape index (κ1) is 12.0. The summed E-state index contributed by atoms with van der Waals surface area (Å²) in [5.41, 5.74) is 0. The molecule has 15 heavy (non-hydrogen) atoms. The van der Waals surface area contributed by atoms with E-state index in [0.29, 0.717) is 17.5 Å². The molecule has 1 atom stereocenters. The third-order valence-corrected chi connectivity index (χ3v) is 2.65. The number of carboxylic acids is 1. The molecule has 0 saturated carbocycles. The molecule has 1 heterocycles. The molecule has 0 fully saturated rings. The fourth-order valence-corrected chi connectivity index (χ4v) is 1.90. The van der Waals surface area contributed by atoms with Crippen LogP contribution in [0, 0.1) is 6.92 Å². The van der Waals surface area contributed by atoms with Crippen LogP contribution in [0.25, 0.3) is 0 Å². The zero-order valence-corrected chi connectivity index (χ0v) is 9.47. The summed E-state index contributed by atoms with van der Waals surface area (Å²) in [5.74, 6) is 0.296. The van der Waals surface area contributed by atoms with Gasteiger partial charge in [0.05, 0.1) is 0 Å². The second-order valence-corrected chi connectivity index (χ2v) is 3.95. The van der Waals surface area contributed by atoms with Gasteiger partial charge in [-0.2, -0.15) is 0 Å². The largest absolute Gasteiger partial charge is 0.480 e. The van der Waals surface area contributed by atoms with Gasteiger partial charge in [-0.15, -0.1) is 5.10 Å². The van der Waals surface area contributed by atoms with Gasteiger partial charge in [0.2, 0.25) is 5.16 Å². The Balaban J connectivity index is 2.43. The van der Waals surface area contributed by atoms with Crippen molar-refractivity contribution < 1.29 is 9.90 Å². The van der Waals surface area contributed by atoms with Crippen molar-refractivity contribution >= 4 is 17.7 Å². The summed E-state index contributed by atoms with van der Waals surface area (Å²) < 4.78 is 0. The Hall–Kier alpha value is -1.08. The van der Waals surface area contributed by atoms with Crippen LogP contribution in [0.5, 0.6) is 0 Å². The normalized spacial score (nSPS) is 12.7. The van der Waals surface area contributed by atoms with Crippen molar-refractivity contribution in [2.24, 2.45) is 0 Å². The van der Waals surface area contributed by atoms with E-state index in [1.54, 1.807) is 6.92 Å². The van der Waals surface area contributed by atoms with Gasteiger partial charge in [-0.05, 0) is 13.5 Å². The van der Waals surface area contributed by atoms with Crippen LogP contribution in [-0.2, 0) is 4.79 Å². The van der Waals surface area contributed by atoms with E-state index < -0.39 is 12.0 Å². The lowest BCUT2D eigenvalue weighted by molar-refractivity contribution is -0.138. The van der Waals surface area contributed by atoms with Crippen LogP contribution in [0.15, 0.2) is 5.16 Å². The molecule has 7 heteroatoms. The summed E-state index contributed by atoms with van der Waals surface area (Å²) in [6, 6.07) is -0.557. The Morgan fingerprint density at radius 2 is 2.47 bits per heavy atom. The lowest BCUT2D eigenvalue weighted by Gasteiger charge is -2.10. The molecule has 0 aliphatic heterocycles. The van der Waals surface area contributed by atoms with Crippen molar-refractivity contribution in [3.05, 3.63) is 5.82 Å². The number of aromatic amines is 1. The predicted molar refractivity (Wildman–Crippen MR) is 56.9 cm³/mol. The van der Waals surface area contributed by atoms with Gasteiger partial charge < -0.3 is 10.4 Å². The average molecular weight is 230 g/mol. The second kappa shape index (κ2) is 5.72. The molecule has 0 amide bonds. The number of nitrogens with zero attached hydrogens (tertiary/aromatic N) is 2. The Labute approximate surface area is 91.9 Å². The monoisotopic (exact) mass is 230 g/mol. The quantitative estimate of drug-likeness (QED) is 0.608. The highest BCUT2D eigenvalue weighted by molar-refractivity contribution is 7.99. The fourth-order valence-electron chi connectivity index (χ4n) is 1.01. The molecule has 0 saturated heterocycles. The maximum atomic E-state index is 10.8. The first-order valence-corrected chi connectivity index (χ1v) is 5.60. The molecule has 1 aromatic rings. The van der Waals surface area contributed by atoms with Crippen LogP contribution >= 0.6 is 11.8 Å². The SMILES string of the molecule is CCNC(CSc1n[nH]c(C)n1)C(=O)O. The number of aliphatic carboxylic acids is 1. The zero-order chi connectivity index (χ0) is 11.3. The molecule has 0 bridgehead atoms. The highest BCUT2D eigenvalue weighted by Gasteiger charge is 2.16. The first-order chi connectivity index (χ1) is 7.13. The molecule has 0 spiro atoms. The van der Waals surface area contributed by atoms with E-state index in [2.05, 4.69) is 20.5 Å². The number of nitrogens with one attached hydrogen (secondary N) is 2. The van der Waals surface area contributed by atoms with Gasteiger partial charge in [-0.25, -0.2) is 4.98 Å². The van der Waals surface area contributed by atoms with E-state index in [9.17, 15) is 4.79 Å². The number of rotatable bonds is 6. The maximum absolute atomic E-state index is 10.8. The Kier molecular flexibility index (Phi) is 4.57. The summed E-state index contributed by atoms with van der Waals surface area (Å²) in [5, 5.41) is 18.9. The smallest absolute Gasteiger partial charge is 0.321 e. The standard InChI is InChI=1S/C8H14N4O2S/c1-3-9-6(7(13)14)4-15-8-10-5(2)11-12-8/h6,9H,3-4H2,1-2H3,(H,13,14)(H,10,11,12). The third kappa shape index (κ3) is 3.88. The van der Waals surface area contributed by atoms with E-state index in [1.165, 1.54) is 11.8 Å². The lowest BCUT2D eigenvalue weighted by Crippen LogP contribution is -2.38. The number of thioether (sulfide) groups is 1. The number of carbonyl (C=O) groups is 1. The summed E-state index contributed by atoms with van der Waals surface area (Å²) >= 11 is 1.32. The molecular weight excluding hydrogens is 216 g/mol. The minimum Gasteiger partial charge on any atom is -0.480 e. The minimum atomic E-state index is -0.850. The topological polar surface area (TPSA) is 90.9 Å². The number of carboxylic acid groups (broad SMARTS) is 1. The van der Waals surface area contributed by atoms with Gasteiger partial charge in [-0.3, -0.25) is 9.89 Å². The molecule has 0 aliphatic rings. The van der Waals surface area contributed by atoms with E-state index in [-0.39, 0.29) is 0 Å². The number of aryl methyl sites for hydroxylation is 1. The van der Waals surface area contributed by atoms with Crippen LogP contribution in [0.1, 0.15) is 12.7 Å². The molecule has 3 N–H and O–H groups in total. The molecule has 84 valence electrons. The molecule has 6 nitrogen and oxygen atoms in total. The van der Waals surface area contributed by atoms with E-state index in [1.807, 2.05) is 6.92 Å². The van der Waals surface area contributed by atoms with Crippen molar-refractivity contribution in [3.63, 3.8) is 0 Å². The Bertz CT molecular complexity index is 328. The first-order valence-electron chi connectivity index (χ1n) is 4.61. The maximum Gasteiger partial charge on any atom is 0.321 e. The highest BCUT2D eigenvalue weighted by Crippen LogP contribution is 2.13. The van der Waals surface area contributed by atoms with Crippen LogP contribution in [0.4, 0.5) is 0 Å². The summed E-state index contributed by atoms with van der Waals surface area (Å²) in [4.78, 5) is 14.9. The Morgan fingerprint density at radius 1 is 1.73 bits per heavy atom. The van der Waals surface area contributed by atoms with E-state index >= 15 is 0 Å². The second-order valence-electron chi connectivity index (χ2n) is 2.96. The predicted octanol–water partition coefficient (Wildman–Crippen LogP) is 0.268. The number of H-pyrrole nitrogens is 1. The van der Waals surface area contributed by atoms with E-state index in [4.69, 9.17) is 5.11 Å². The van der Waals surface area contributed by atoms with E-state index in [0.717, 1.165) is 5.82 Å². The van der Waals surface area contributed by atoms with Gasteiger partial charge in [0.25, 0.3) is 0 Å². The van der Waals surface area contributed by atoms with Crippen molar-refractivity contribution in [2.45, 2.75) is 25.0 Å². The van der Waals surface area contributed by atoms with Gasteiger partial charge >= 0.3 is 5.97 Å². The number of aromatic nitrogens is 3. The molecule has 1 unspecified atom stereocenters. The molecular formula is C8H14N4O2S. The van der Waals surface area contributed by atoms with Crippen molar-refractivity contribution in [1.29, 1.82) is 0 Å². The molecule has 0 aromatic carbocycles. The summed E-state index contributed by atoms with van der Waals surface area (Å²) in [7, 11) is 0. The lowest BCUT2D eigenvalue weighted by atomic mass is 10.3. The number of likely N-dealkylation sites (N-methyl/N-ethyl adjacent to an activating group) is 1. The van der Waals surface area contributed by atoms with Crippen molar-refractivity contribution in [3.8, 4) is 0 Å². The van der Waals surface area contributed by atoms with Crippen LogP contribution in [-0.4, -0.2) is 44.6 Å². The van der Waals surface area contributed by atoms with Gasteiger partial charge in [-0.1, -0.05) is 18.7 Å². The van der Waals surface area contributed by atoms with Gasteiger partial charge in [0.15, 0.2) is 0 Å². The molecule has 0 radical (unpaired) electrons. The average Bonchev–Trinajstić information content (AvgIpc) is 2.58. The van der Waals surface area contributed by atoms with Crippen LogP contribution in [0.2, 0.25) is 0 Å². The van der Waals surface area contributed by atoms with Crippen LogP contribution in [0.3, 0.4) is 0 Å². The number of hydrogen-bond acceptors (Lipinski definition) is 5. The van der Waals surface area contributed by atoms with Gasteiger partial charge in [0.1, 0.15) is 11.9 Å². The summed E-state index contributed by atoms with van der Waals surface area (Å²) in [6.45, 7) is 4.30. The van der Waals surface area contributed by atoms with Crippen molar-refractivity contribution in [1.82, 2.24) is 20.5 Å². The minimum absolute atomic E-state index is 0.417. The molecule has 0 aliphatic carbocycles. The highest BCUT2D eigenvalue weighted by atomic mass is 32.2. The molecule has 1 rings (SSSR count). The third-order valence-electron chi connectivity index (χ3n) is 1.70. The van der Waals surface area contributed by atoms with Gasteiger partial charge in [0, 0.05) is 5.75 Å². The van der Waals surface area contributed by atoms with Crippen molar-refractivity contribution in [2.75, 3.05) is 12.3 Å². The zero-order valence-electron chi connectivity index (χ0n) is 8.65. The number of hydrogen-bond donors (Lipinski definition) is 3. The van der Waals surface area contributed by atoms with Crippen LogP contribution < -0.4 is 5.32 Å². The summed E-state index contributed by atoms with van der Waals surface area (Å²) in [6.07, 6.45) is 0. The molecule has 1 aromatic heterocycles. The fraction of sp³-hybridized carbons (Fsp3) is 0.625. The Morgan fingerprint density at radius 3 is 2.93 bits per heavy atom.